The van der Waals surface area contributed by atoms with Gasteiger partial charge in [-0.25, -0.2) is 8.78 Å². The van der Waals surface area contributed by atoms with E-state index in [1.807, 2.05) is 30.1 Å². The van der Waals surface area contributed by atoms with E-state index in [2.05, 4.69) is 91.0 Å². The number of benzene rings is 3. The summed E-state index contributed by atoms with van der Waals surface area (Å²) in [4.78, 5) is 5.00. The quantitative estimate of drug-likeness (QED) is 0.309. The first-order chi connectivity index (χ1) is 18.2. The van der Waals surface area contributed by atoms with E-state index in [1.165, 1.54) is 11.4 Å². The van der Waals surface area contributed by atoms with Gasteiger partial charge in [-0.05, 0) is 47.3 Å². The first-order valence-corrected chi connectivity index (χ1v) is 13.6. The molecule has 0 amide bonds. The van der Waals surface area contributed by atoms with Crippen molar-refractivity contribution in [1.29, 1.82) is 0 Å². The zero-order chi connectivity index (χ0) is 25.5. The lowest BCUT2D eigenvalue weighted by molar-refractivity contribution is 0.224. The Balaban J connectivity index is 1.15. The highest BCUT2D eigenvalue weighted by molar-refractivity contribution is 8.00. The summed E-state index contributed by atoms with van der Waals surface area (Å²) in [6, 6.07) is 29.1. The summed E-state index contributed by atoms with van der Waals surface area (Å²) in [5.41, 5.74) is 4.91. The second-order valence-electron chi connectivity index (χ2n) is 9.18. The van der Waals surface area contributed by atoms with Crippen LogP contribution in [-0.2, 0) is 6.54 Å². The summed E-state index contributed by atoms with van der Waals surface area (Å²) in [5.74, 6) is 1.00. The predicted octanol–water partition coefficient (Wildman–Crippen LogP) is 5.98. The molecule has 0 aromatic heterocycles. The number of nitrogens with zero attached hydrogens (tertiary/aromatic N) is 5. The van der Waals surface area contributed by atoms with E-state index in [9.17, 15) is 8.78 Å². The van der Waals surface area contributed by atoms with Crippen molar-refractivity contribution in [3.8, 4) is 0 Å². The van der Waals surface area contributed by atoms with Crippen molar-refractivity contribution in [3.63, 3.8) is 0 Å². The van der Waals surface area contributed by atoms with Gasteiger partial charge in [-0.2, -0.15) is 10.2 Å². The molecule has 8 heteroatoms. The molecule has 0 aliphatic carbocycles. The molecular formula is C29H31F2N5S. The highest BCUT2D eigenvalue weighted by atomic mass is 32.2. The number of piperazine rings is 1. The molecule has 1 saturated heterocycles. The van der Waals surface area contributed by atoms with Gasteiger partial charge < -0.3 is 9.21 Å². The fraction of sp³-hybridized carbons (Fsp3) is 0.310. The minimum absolute atomic E-state index is 0.114. The number of hydrogen-bond acceptors (Lipinski definition) is 6. The first-order valence-electron chi connectivity index (χ1n) is 12.6. The van der Waals surface area contributed by atoms with E-state index in [0.717, 1.165) is 56.1 Å². The van der Waals surface area contributed by atoms with Crippen LogP contribution in [0.3, 0.4) is 0 Å². The van der Waals surface area contributed by atoms with Crippen molar-refractivity contribution in [2.75, 3.05) is 47.7 Å². The average molecular weight is 520 g/mol. The summed E-state index contributed by atoms with van der Waals surface area (Å²) in [7, 11) is 0. The van der Waals surface area contributed by atoms with Gasteiger partial charge in [0.1, 0.15) is 5.71 Å². The Morgan fingerprint density at radius 1 is 0.811 bits per heavy atom. The Hall–Kier alpha value is -3.23. The lowest BCUT2D eigenvalue weighted by atomic mass is 10.0. The summed E-state index contributed by atoms with van der Waals surface area (Å²) >= 11 is 1.85. The topological polar surface area (TPSA) is 34.4 Å². The molecule has 5 rings (SSSR count). The molecule has 0 unspecified atom stereocenters. The summed E-state index contributed by atoms with van der Waals surface area (Å²) in [6.45, 7) is 6.05. The van der Waals surface area contributed by atoms with Gasteiger partial charge in [-0.3, -0.25) is 4.90 Å². The highest BCUT2D eigenvalue weighted by Gasteiger charge is 2.22. The molecule has 2 heterocycles. The van der Waals surface area contributed by atoms with Gasteiger partial charge in [0.25, 0.3) is 6.43 Å². The summed E-state index contributed by atoms with van der Waals surface area (Å²) < 4.78 is 28.1. The molecule has 1 fully saturated rings. The lowest BCUT2D eigenvalue weighted by Gasteiger charge is -2.36. The fourth-order valence-electron chi connectivity index (χ4n) is 4.57. The van der Waals surface area contributed by atoms with Crippen LogP contribution in [0.5, 0.6) is 0 Å². The van der Waals surface area contributed by atoms with Crippen molar-refractivity contribution in [3.05, 3.63) is 96.1 Å². The van der Waals surface area contributed by atoms with Crippen molar-refractivity contribution >= 4 is 34.7 Å². The first kappa shape index (κ1) is 25.4. The van der Waals surface area contributed by atoms with E-state index >= 15 is 0 Å². The predicted molar refractivity (Wildman–Crippen MR) is 151 cm³/mol. The molecule has 0 saturated carbocycles. The Morgan fingerprint density at radius 2 is 1.49 bits per heavy atom. The monoisotopic (exact) mass is 519 g/mol. The van der Waals surface area contributed by atoms with Gasteiger partial charge in [0.05, 0.1) is 12.3 Å². The van der Waals surface area contributed by atoms with Crippen LogP contribution >= 0.6 is 11.9 Å². The van der Waals surface area contributed by atoms with Gasteiger partial charge in [0, 0.05) is 56.3 Å². The Morgan fingerprint density at radius 3 is 2.14 bits per heavy atom. The number of rotatable bonds is 10. The SMILES string of the molecule is FC(F)C1=NN=C(c2ccc(CN(SCCN3CCN(c4ccccc4)CC3)c3ccccc3)cc2)C1. The van der Waals surface area contributed by atoms with Crippen molar-refractivity contribution < 1.29 is 8.78 Å². The molecule has 0 radical (unpaired) electrons. The van der Waals surface area contributed by atoms with Crippen LogP contribution in [0.15, 0.2) is 95.1 Å². The Labute approximate surface area is 221 Å². The molecule has 2 aliphatic heterocycles. The van der Waals surface area contributed by atoms with Crippen LogP contribution in [0, 0.1) is 0 Å². The number of alkyl halides is 2. The minimum atomic E-state index is -2.55. The smallest absolute Gasteiger partial charge is 0.278 e. The van der Waals surface area contributed by atoms with Crippen LogP contribution < -0.4 is 9.21 Å². The molecule has 37 heavy (non-hydrogen) atoms. The third kappa shape index (κ3) is 6.76. The van der Waals surface area contributed by atoms with Crippen molar-refractivity contribution in [2.24, 2.45) is 10.2 Å². The molecule has 2 aliphatic rings. The average Bonchev–Trinajstić information content (AvgIpc) is 3.45. The van der Waals surface area contributed by atoms with E-state index in [1.54, 1.807) is 0 Å². The van der Waals surface area contributed by atoms with Gasteiger partial charge in [0.2, 0.25) is 0 Å². The minimum Gasteiger partial charge on any atom is -0.369 e. The van der Waals surface area contributed by atoms with Crippen LogP contribution in [-0.4, -0.2) is 61.2 Å². The zero-order valence-corrected chi connectivity index (χ0v) is 21.5. The van der Waals surface area contributed by atoms with Gasteiger partial charge in [0.15, 0.2) is 0 Å². The molecule has 0 atom stereocenters. The standard InChI is InChI=1S/C29H31F2N5S/c30-29(31)28-21-27(32-33-28)24-13-11-23(12-14-24)22-36(26-9-5-2-6-10-26)37-20-19-34-15-17-35(18-16-34)25-7-3-1-4-8-25/h1-14,29H,15-22H2. The van der Waals surface area contributed by atoms with Crippen LogP contribution in [0.1, 0.15) is 17.5 Å². The Bertz CT molecular complexity index is 1190. The maximum atomic E-state index is 12.9. The normalized spacial score (nSPS) is 16.1. The van der Waals surface area contributed by atoms with Gasteiger partial charge >= 0.3 is 0 Å². The van der Waals surface area contributed by atoms with E-state index in [0.29, 0.717) is 5.71 Å². The largest absolute Gasteiger partial charge is 0.369 e. The third-order valence-corrected chi connectivity index (χ3v) is 7.72. The zero-order valence-electron chi connectivity index (χ0n) is 20.7. The number of halogens is 2. The van der Waals surface area contributed by atoms with E-state index in [4.69, 9.17) is 0 Å². The third-order valence-electron chi connectivity index (χ3n) is 6.71. The van der Waals surface area contributed by atoms with Crippen molar-refractivity contribution in [2.45, 2.75) is 19.4 Å². The maximum Gasteiger partial charge on any atom is 0.278 e. The number of anilines is 2. The highest BCUT2D eigenvalue weighted by Crippen LogP contribution is 2.26. The molecule has 3 aromatic carbocycles. The Kier molecular flexibility index (Phi) is 8.48. The summed E-state index contributed by atoms with van der Waals surface area (Å²) in [5, 5.41) is 7.59. The molecule has 5 nitrogen and oxygen atoms in total. The van der Waals surface area contributed by atoms with Gasteiger partial charge in [-0.1, -0.05) is 60.7 Å². The number of para-hydroxylation sites is 2. The van der Waals surface area contributed by atoms with Crippen molar-refractivity contribution in [1.82, 2.24) is 4.90 Å². The lowest BCUT2D eigenvalue weighted by Crippen LogP contribution is -2.47. The summed E-state index contributed by atoms with van der Waals surface area (Å²) in [6.07, 6.45) is -2.44. The van der Waals surface area contributed by atoms with E-state index in [-0.39, 0.29) is 12.1 Å². The van der Waals surface area contributed by atoms with Crippen LogP contribution in [0.25, 0.3) is 0 Å². The molecular weight excluding hydrogens is 488 g/mol. The van der Waals surface area contributed by atoms with E-state index < -0.39 is 6.43 Å². The second kappa shape index (κ2) is 12.3. The van der Waals surface area contributed by atoms with Crippen LogP contribution in [0.4, 0.5) is 20.2 Å². The van der Waals surface area contributed by atoms with Crippen LogP contribution in [0.2, 0.25) is 0 Å². The molecule has 3 aromatic rings. The fourth-order valence-corrected chi connectivity index (χ4v) is 5.64. The molecule has 192 valence electrons. The molecule has 0 bridgehead atoms. The molecule has 0 spiro atoms. The maximum absolute atomic E-state index is 12.9. The molecule has 0 N–H and O–H groups in total. The number of hydrogen-bond donors (Lipinski definition) is 0. The van der Waals surface area contributed by atoms with Gasteiger partial charge in [-0.15, -0.1) is 0 Å². The second-order valence-corrected chi connectivity index (χ2v) is 10.3.